The monoisotopic (exact) mass is 466 g/mol. The SMILES string of the molecule is CC(C)(C)OC(=O)[C@H](CCC=O)NC(=O)CNC(=O)OCC1c2ccccc2-c2ccccc21. The molecule has 0 aromatic heterocycles. The van der Waals surface area contributed by atoms with Gasteiger partial charge in [0, 0.05) is 12.3 Å². The number of ether oxygens (including phenoxy) is 2. The fourth-order valence-corrected chi connectivity index (χ4v) is 3.90. The fourth-order valence-electron chi connectivity index (χ4n) is 3.90. The van der Waals surface area contributed by atoms with E-state index in [2.05, 4.69) is 10.6 Å². The summed E-state index contributed by atoms with van der Waals surface area (Å²) in [5.74, 6) is -1.31. The van der Waals surface area contributed by atoms with Gasteiger partial charge >= 0.3 is 12.1 Å². The van der Waals surface area contributed by atoms with Crippen molar-refractivity contribution < 1.29 is 28.7 Å². The van der Waals surface area contributed by atoms with Gasteiger partial charge in [-0.05, 0) is 49.4 Å². The van der Waals surface area contributed by atoms with Gasteiger partial charge in [0.15, 0.2) is 0 Å². The van der Waals surface area contributed by atoms with Crippen LogP contribution in [0.3, 0.4) is 0 Å². The lowest BCUT2D eigenvalue weighted by molar-refractivity contribution is -0.158. The minimum atomic E-state index is -0.985. The molecule has 0 fully saturated rings. The van der Waals surface area contributed by atoms with Crippen molar-refractivity contribution in [3.8, 4) is 11.1 Å². The lowest BCUT2D eigenvalue weighted by atomic mass is 9.98. The molecule has 0 spiro atoms. The molecule has 34 heavy (non-hydrogen) atoms. The first-order chi connectivity index (χ1) is 16.2. The summed E-state index contributed by atoms with van der Waals surface area (Å²) in [4.78, 5) is 47.6. The molecule has 2 aromatic carbocycles. The van der Waals surface area contributed by atoms with E-state index in [1.807, 2.05) is 48.5 Å². The van der Waals surface area contributed by atoms with E-state index in [1.54, 1.807) is 20.8 Å². The molecule has 0 heterocycles. The molecule has 2 N–H and O–H groups in total. The molecule has 0 saturated heterocycles. The summed E-state index contributed by atoms with van der Waals surface area (Å²) < 4.78 is 10.7. The molecule has 180 valence electrons. The predicted octanol–water partition coefficient (Wildman–Crippen LogP) is 3.33. The van der Waals surface area contributed by atoms with Crippen molar-refractivity contribution in [3.63, 3.8) is 0 Å². The molecule has 0 aliphatic heterocycles. The molecule has 1 aliphatic rings. The van der Waals surface area contributed by atoms with Crippen LogP contribution in [-0.4, -0.2) is 49.1 Å². The van der Waals surface area contributed by atoms with Crippen LogP contribution in [0, 0.1) is 0 Å². The van der Waals surface area contributed by atoms with Crippen LogP contribution in [0.1, 0.15) is 50.7 Å². The predicted molar refractivity (Wildman–Crippen MR) is 126 cm³/mol. The number of esters is 1. The molecule has 2 aromatic rings. The Labute approximate surface area is 199 Å². The van der Waals surface area contributed by atoms with E-state index >= 15 is 0 Å². The van der Waals surface area contributed by atoms with E-state index in [4.69, 9.17) is 9.47 Å². The summed E-state index contributed by atoms with van der Waals surface area (Å²) in [6.45, 7) is 4.88. The van der Waals surface area contributed by atoms with Crippen molar-refractivity contribution in [2.45, 2.75) is 51.2 Å². The Bertz CT molecular complexity index is 1010. The van der Waals surface area contributed by atoms with Crippen molar-refractivity contribution in [1.82, 2.24) is 10.6 Å². The molecule has 0 saturated carbocycles. The largest absolute Gasteiger partial charge is 0.458 e. The molecule has 3 rings (SSSR count). The third-order valence-corrected chi connectivity index (χ3v) is 5.34. The third kappa shape index (κ3) is 6.43. The molecular weight excluding hydrogens is 436 g/mol. The number of benzene rings is 2. The average Bonchev–Trinajstić information content (AvgIpc) is 3.11. The van der Waals surface area contributed by atoms with Gasteiger partial charge in [-0.1, -0.05) is 48.5 Å². The molecule has 0 bridgehead atoms. The summed E-state index contributed by atoms with van der Waals surface area (Å²) in [5.41, 5.74) is 3.68. The van der Waals surface area contributed by atoms with Crippen LogP contribution < -0.4 is 10.6 Å². The number of carbonyl (C=O) groups is 4. The van der Waals surface area contributed by atoms with Gasteiger partial charge in [0.05, 0.1) is 0 Å². The van der Waals surface area contributed by atoms with Gasteiger partial charge < -0.3 is 24.9 Å². The Hall–Kier alpha value is -3.68. The molecule has 0 radical (unpaired) electrons. The number of hydrogen-bond acceptors (Lipinski definition) is 6. The van der Waals surface area contributed by atoms with Crippen molar-refractivity contribution in [2.75, 3.05) is 13.2 Å². The molecule has 1 aliphatic carbocycles. The maximum absolute atomic E-state index is 12.3. The second kappa shape index (κ2) is 11.0. The van der Waals surface area contributed by atoms with Gasteiger partial charge in [0.25, 0.3) is 0 Å². The highest BCUT2D eigenvalue weighted by atomic mass is 16.6. The highest BCUT2D eigenvalue weighted by Crippen LogP contribution is 2.44. The Balaban J connectivity index is 1.52. The zero-order chi connectivity index (χ0) is 24.7. The zero-order valence-electron chi connectivity index (χ0n) is 19.6. The highest BCUT2D eigenvalue weighted by Gasteiger charge is 2.29. The number of hydrogen-bond donors (Lipinski definition) is 2. The Morgan fingerprint density at radius 1 is 1.00 bits per heavy atom. The first-order valence-corrected chi connectivity index (χ1v) is 11.2. The lowest BCUT2D eigenvalue weighted by Crippen LogP contribution is -2.47. The van der Waals surface area contributed by atoms with Crippen LogP contribution in [0.15, 0.2) is 48.5 Å². The van der Waals surface area contributed by atoms with Crippen LogP contribution in [0.25, 0.3) is 11.1 Å². The van der Waals surface area contributed by atoms with E-state index in [0.717, 1.165) is 22.3 Å². The summed E-state index contributed by atoms with van der Waals surface area (Å²) in [6, 6.07) is 15.0. The number of alkyl carbamates (subject to hydrolysis) is 1. The van der Waals surface area contributed by atoms with E-state index in [0.29, 0.717) is 6.29 Å². The topological polar surface area (TPSA) is 111 Å². The molecule has 8 heteroatoms. The Morgan fingerprint density at radius 3 is 2.15 bits per heavy atom. The van der Waals surface area contributed by atoms with Crippen molar-refractivity contribution >= 4 is 24.3 Å². The Morgan fingerprint density at radius 2 is 1.59 bits per heavy atom. The minimum Gasteiger partial charge on any atom is -0.458 e. The summed E-state index contributed by atoms with van der Waals surface area (Å²) >= 11 is 0. The smallest absolute Gasteiger partial charge is 0.407 e. The third-order valence-electron chi connectivity index (χ3n) is 5.34. The normalized spacial score (nSPS) is 13.3. The maximum atomic E-state index is 12.3. The summed E-state index contributed by atoms with van der Waals surface area (Å²) in [7, 11) is 0. The first kappa shape index (κ1) is 25.0. The van der Waals surface area contributed by atoms with Crippen LogP contribution >= 0.6 is 0 Å². The van der Waals surface area contributed by atoms with Crippen LogP contribution in [0.5, 0.6) is 0 Å². The number of rotatable bonds is 9. The van der Waals surface area contributed by atoms with E-state index < -0.39 is 29.6 Å². The van der Waals surface area contributed by atoms with Gasteiger partial charge in [-0.2, -0.15) is 0 Å². The van der Waals surface area contributed by atoms with Crippen molar-refractivity contribution in [3.05, 3.63) is 59.7 Å². The van der Waals surface area contributed by atoms with Gasteiger partial charge in [0.1, 0.15) is 31.1 Å². The number of amides is 2. The number of aldehydes is 1. The summed E-state index contributed by atoms with van der Waals surface area (Å²) in [5, 5.41) is 4.92. The second-order valence-electron chi connectivity index (χ2n) is 9.08. The van der Waals surface area contributed by atoms with Crippen LogP contribution in [-0.2, 0) is 23.9 Å². The van der Waals surface area contributed by atoms with E-state index in [9.17, 15) is 19.2 Å². The second-order valence-corrected chi connectivity index (χ2v) is 9.08. The quantitative estimate of drug-likeness (QED) is 0.433. The minimum absolute atomic E-state index is 0.0873. The van der Waals surface area contributed by atoms with E-state index in [-0.39, 0.29) is 31.9 Å². The number of nitrogens with one attached hydrogen (secondary N) is 2. The van der Waals surface area contributed by atoms with Gasteiger partial charge in [-0.15, -0.1) is 0 Å². The van der Waals surface area contributed by atoms with Crippen LogP contribution in [0.2, 0.25) is 0 Å². The molecule has 0 unspecified atom stereocenters. The number of fused-ring (bicyclic) bond motifs is 3. The number of carbonyl (C=O) groups excluding carboxylic acids is 4. The van der Waals surface area contributed by atoms with Gasteiger partial charge in [0.2, 0.25) is 5.91 Å². The highest BCUT2D eigenvalue weighted by molar-refractivity contribution is 5.87. The molecular formula is C26H30N2O6. The zero-order valence-corrected chi connectivity index (χ0v) is 19.6. The van der Waals surface area contributed by atoms with Gasteiger partial charge in [-0.3, -0.25) is 4.79 Å². The summed E-state index contributed by atoms with van der Waals surface area (Å²) in [6.07, 6.45) is 0.121. The van der Waals surface area contributed by atoms with E-state index in [1.165, 1.54) is 0 Å². The average molecular weight is 467 g/mol. The molecule has 8 nitrogen and oxygen atoms in total. The first-order valence-electron chi connectivity index (χ1n) is 11.2. The molecule has 2 amide bonds. The standard InChI is InChI=1S/C26H30N2O6/c1-26(2,3)34-24(31)22(13-8-14-29)28-23(30)15-27-25(32)33-16-21-19-11-6-4-9-17(19)18-10-5-7-12-20(18)21/h4-7,9-12,14,21-22H,8,13,15-16H2,1-3H3,(H,27,32)(H,28,30)/t22-/m0/s1. The van der Waals surface area contributed by atoms with Crippen molar-refractivity contribution in [1.29, 1.82) is 0 Å². The molecule has 1 atom stereocenters. The van der Waals surface area contributed by atoms with Gasteiger partial charge in [-0.25, -0.2) is 9.59 Å². The Kier molecular flexibility index (Phi) is 8.04. The maximum Gasteiger partial charge on any atom is 0.407 e. The van der Waals surface area contributed by atoms with Crippen LogP contribution in [0.4, 0.5) is 4.79 Å². The lowest BCUT2D eigenvalue weighted by Gasteiger charge is -2.24. The fraction of sp³-hybridized carbons (Fsp3) is 0.385. The van der Waals surface area contributed by atoms with Crippen molar-refractivity contribution in [2.24, 2.45) is 0 Å².